The van der Waals surface area contributed by atoms with Crippen molar-refractivity contribution in [2.45, 2.75) is 52.0 Å². The molecule has 1 N–H and O–H groups in total. The highest BCUT2D eigenvalue weighted by atomic mass is 16.5. The van der Waals surface area contributed by atoms with Crippen LogP contribution in [0.3, 0.4) is 0 Å². The van der Waals surface area contributed by atoms with Gasteiger partial charge in [0.2, 0.25) is 0 Å². The van der Waals surface area contributed by atoms with E-state index in [0.717, 1.165) is 24.9 Å². The van der Waals surface area contributed by atoms with Crippen molar-refractivity contribution < 1.29 is 9.53 Å². The van der Waals surface area contributed by atoms with Gasteiger partial charge in [-0.25, -0.2) is 4.79 Å². The zero-order valence-electron chi connectivity index (χ0n) is 13.0. The van der Waals surface area contributed by atoms with Crippen molar-refractivity contribution >= 4 is 11.7 Å². The van der Waals surface area contributed by atoms with Gasteiger partial charge < -0.3 is 10.1 Å². The molecule has 110 valence electrons. The van der Waals surface area contributed by atoms with Gasteiger partial charge in [0, 0.05) is 5.69 Å². The Morgan fingerprint density at radius 1 is 1.25 bits per heavy atom. The Hall–Kier alpha value is -1.51. The maximum Gasteiger partial charge on any atom is 0.332 e. The van der Waals surface area contributed by atoms with Crippen LogP contribution in [0.1, 0.15) is 45.1 Å². The lowest BCUT2D eigenvalue weighted by atomic mass is 9.63. The Balaban J connectivity index is 2.39. The van der Waals surface area contributed by atoms with Crippen LogP contribution >= 0.6 is 0 Å². The van der Waals surface area contributed by atoms with Crippen molar-refractivity contribution in [2.75, 3.05) is 12.4 Å². The first-order valence-electron chi connectivity index (χ1n) is 7.34. The van der Waals surface area contributed by atoms with Gasteiger partial charge in [0.25, 0.3) is 0 Å². The van der Waals surface area contributed by atoms with Gasteiger partial charge in [-0.05, 0) is 42.9 Å². The Morgan fingerprint density at radius 3 is 2.55 bits per heavy atom. The lowest BCUT2D eigenvalue weighted by Gasteiger charge is -2.48. The van der Waals surface area contributed by atoms with Crippen LogP contribution in [0.15, 0.2) is 24.3 Å². The van der Waals surface area contributed by atoms with Crippen molar-refractivity contribution in [2.24, 2.45) is 5.41 Å². The van der Waals surface area contributed by atoms with E-state index in [9.17, 15) is 4.79 Å². The van der Waals surface area contributed by atoms with E-state index in [2.05, 4.69) is 38.2 Å². The van der Waals surface area contributed by atoms with Gasteiger partial charge in [0.15, 0.2) is 0 Å². The highest BCUT2D eigenvalue weighted by Crippen LogP contribution is 2.46. The average Bonchev–Trinajstić information content (AvgIpc) is 2.40. The number of hydrogen-bond acceptors (Lipinski definition) is 3. The van der Waals surface area contributed by atoms with Crippen LogP contribution in [0, 0.1) is 12.3 Å². The molecule has 1 fully saturated rings. The second-order valence-corrected chi connectivity index (χ2v) is 6.48. The van der Waals surface area contributed by atoms with E-state index in [1.54, 1.807) is 0 Å². The Morgan fingerprint density at radius 2 is 1.95 bits per heavy atom. The van der Waals surface area contributed by atoms with Crippen LogP contribution in [0.2, 0.25) is 0 Å². The number of carbonyl (C=O) groups is 1. The van der Waals surface area contributed by atoms with Gasteiger partial charge in [-0.15, -0.1) is 0 Å². The van der Waals surface area contributed by atoms with Crippen LogP contribution in [-0.4, -0.2) is 18.6 Å². The Labute approximate surface area is 121 Å². The van der Waals surface area contributed by atoms with E-state index in [1.807, 2.05) is 12.1 Å². The van der Waals surface area contributed by atoms with Gasteiger partial charge in [-0.3, -0.25) is 0 Å². The maximum atomic E-state index is 12.5. The SMILES string of the molecule is COC(=O)C1(Nc2cccc(C)c2)CCCCC1(C)C. The minimum absolute atomic E-state index is 0.123. The van der Waals surface area contributed by atoms with Gasteiger partial charge in [0.05, 0.1) is 7.11 Å². The third-order valence-electron chi connectivity index (χ3n) is 4.67. The molecule has 2 rings (SSSR count). The molecule has 0 spiro atoms. The highest BCUT2D eigenvalue weighted by molar-refractivity contribution is 5.86. The summed E-state index contributed by atoms with van der Waals surface area (Å²) < 4.78 is 5.13. The van der Waals surface area contributed by atoms with Crippen molar-refractivity contribution in [1.82, 2.24) is 0 Å². The van der Waals surface area contributed by atoms with E-state index < -0.39 is 5.54 Å². The van der Waals surface area contributed by atoms with E-state index in [-0.39, 0.29) is 11.4 Å². The summed E-state index contributed by atoms with van der Waals surface area (Å²) in [5.41, 5.74) is 1.42. The lowest BCUT2D eigenvalue weighted by molar-refractivity contribution is -0.152. The Kier molecular flexibility index (Phi) is 4.07. The molecular weight excluding hydrogens is 250 g/mol. The number of benzene rings is 1. The number of rotatable bonds is 3. The number of aryl methyl sites for hydroxylation is 1. The molecule has 0 amide bonds. The first kappa shape index (κ1) is 14.9. The predicted molar refractivity (Wildman–Crippen MR) is 81.8 cm³/mol. The van der Waals surface area contributed by atoms with Crippen LogP contribution < -0.4 is 5.32 Å². The maximum absolute atomic E-state index is 12.5. The molecule has 3 heteroatoms. The van der Waals surface area contributed by atoms with Crippen LogP contribution in [0.25, 0.3) is 0 Å². The number of esters is 1. The molecule has 0 heterocycles. The molecular formula is C17H25NO2. The summed E-state index contributed by atoms with van der Waals surface area (Å²) in [6.45, 7) is 6.37. The normalized spacial score (nSPS) is 25.0. The molecule has 1 aliphatic carbocycles. The van der Waals surface area contributed by atoms with Crippen molar-refractivity contribution in [3.8, 4) is 0 Å². The third-order valence-corrected chi connectivity index (χ3v) is 4.67. The molecule has 1 saturated carbocycles. The summed E-state index contributed by atoms with van der Waals surface area (Å²) in [5, 5.41) is 3.50. The highest BCUT2D eigenvalue weighted by Gasteiger charge is 2.53. The molecule has 3 nitrogen and oxygen atoms in total. The van der Waals surface area contributed by atoms with Crippen LogP contribution in [-0.2, 0) is 9.53 Å². The van der Waals surface area contributed by atoms with Crippen LogP contribution in [0.4, 0.5) is 5.69 Å². The standard InChI is InChI=1S/C17H25NO2/c1-13-8-7-9-14(12-13)18-17(15(19)20-4)11-6-5-10-16(17,2)3/h7-9,12,18H,5-6,10-11H2,1-4H3. The quantitative estimate of drug-likeness (QED) is 0.850. The third kappa shape index (κ3) is 2.54. The zero-order chi connectivity index (χ0) is 14.8. The van der Waals surface area contributed by atoms with Gasteiger partial charge in [-0.2, -0.15) is 0 Å². The largest absolute Gasteiger partial charge is 0.467 e. The van der Waals surface area contributed by atoms with Crippen molar-refractivity contribution in [1.29, 1.82) is 0 Å². The molecule has 20 heavy (non-hydrogen) atoms. The fourth-order valence-corrected chi connectivity index (χ4v) is 3.31. The second-order valence-electron chi connectivity index (χ2n) is 6.48. The fraction of sp³-hybridized carbons (Fsp3) is 0.588. The first-order valence-corrected chi connectivity index (χ1v) is 7.34. The predicted octanol–water partition coefficient (Wildman–Crippen LogP) is 3.92. The number of ether oxygens (including phenoxy) is 1. The Bertz CT molecular complexity index is 496. The summed E-state index contributed by atoms with van der Waals surface area (Å²) >= 11 is 0. The minimum atomic E-state index is -0.631. The monoisotopic (exact) mass is 275 g/mol. The number of hydrogen-bond donors (Lipinski definition) is 1. The summed E-state index contributed by atoms with van der Waals surface area (Å²) in [6, 6.07) is 8.16. The number of carbonyl (C=O) groups excluding carboxylic acids is 1. The molecule has 1 atom stereocenters. The average molecular weight is 275 g/mol. The zero-order valence-corrected chi connectivity index (χ0v) is 13.0. The summed E-state index contributed by atoms with van der Waals surface area (Å²) in [7, 11) is 1.48. The van der Waals surface area contributed by atoms with Gasteiger partial charge in [0.1, 0.15) is 5.54 Å². The summed E-state index contributed by atoms with van der Waals surface area (Å²) in [5.74, 6) is -0.149. The van der Waals surface area contributed by atoms with E-state index in [1.165, 1.54) is 19.1 Å². The molecule has 1 unspecified atom stereocenters. The number of nitrogens with one attached hydrogen (secondary N) is 1. The van der Waals surface area contributed by atoms with Gasteiger partial charge >= 0.3 is 5.97 Å². The fourth-order valence-electron chi connectivity index (χ4n) is 3.31. The molecule has 0 saturated heterocycles. The minimum Gasteiger partial charge on any atom is -0.467 e. The molecule has 0 aliphatic heterocycles. The topological polar surface area (TPSA) is 38.3 Å². The molecule has 0 bridgehead atoms. The van der Waals surface area contributed by atoms with E-state index in [0.29, 0.717) is 0 Å². The van der Waals surface area contributed by atoms with Crippen molar-refractivity contribution in [3.05, 3.63) is 29.8 Å². The van der Waals surface area contributed by atoms with Gasteiger partial charge in [-0.1, -0.05) is 38.8 Å². The molecule has 1 aliphatic rings. The van der Waals surface area contributed by atoms with E-state index >= 15 is 0 Å². The smallest absolute Gasteiger partial charge is 0.332 e. The van der Waals surface area contributed by atoms with Crippen LogP contribution in [0.5, 0.6) is 0 Å². The molecule has 0 aromatic heterocycles. The number of methoxy groups -OCH3 is 1. The molecule has 0 radical (unpaired) electrons. The lowest BCUT2D eigenvalue weighted by Crippen LogP contribution is -2.59. The summed E-state index contributed by atoms with van der Waals surface area (Å²) in [4.78, 5) is 12.5. The second kappa shape index (κ2) is 5.47. The van der Waals surface area contributed by atoms with E-state index in [4.69, 9.17) is 4.74 Å². The number of anilines is 1. The summed E-state index contributed by atoms with van der Waals surface area (Å²) in [6.07, 6.45) is 4.07. The molecule has 1 aromatic carbocycles. The molecule has 1 aromatic rings. The van der Waals surface area contributed by atoms with Crippen molar-refractivity contribution in [3.63, 3.8) is 0 Å². The first-order chi connectivity index (χ1) is 9.41.